The summed E-state index contributed by atoms with van der Waals surface area (Å²) in [5, 5.41) is 9.79. The molecule has 5 nitrogen and oxygen atoms in total. The Hall–Kier alpha value is -2.24. The van der Waals surface area contributed by atoms with E-state index in [1.165, 1.54) is 19.1 Å². The second-order valence-electron chi connectivity index (χ2n) is 3.49. The van der Waals surface area contributed by atoms with E-state index in [9.17, 15) is 9.18 Å². The van der Waals surface area contributed by atoms with Gasteiger partial charge in [0.25, 0.3) is 0 Å². The molecule has 0 bridgehead atoms. The largest absolute Gasteiger partial charge is 0.407 e. The van der Waals surface area contributed by atoms with Gasteiger partial charge in [0.2, 0.25) is 11.8 Å². The summed E-state index contributed by atoms with van der Waals surface area (Å²) in [6, 6.07) is 6.06. The van der Waals surface area contributed by atoms with E-state index in [0.717, 1.165) is 5.56 Å². The maximum absolute atomic E-state index is 12.7. The van der Waals surface area contributed by atoms with Crippen LogP contribution in [0.5, 0.6) is 0 Å². The minimum atomic E-state index is -0.293. The maximum atomic E-state index is 12.7. The van der Waals surface area contributed by atoms with Gasteiger partial charge in [-0.05, 0) is 17.7 Å². The van der Waals surface area contributed by atoms with Crippen molar-refractivity contribution in [1.82, 2.24) is 10.2 Å². The first-order valence-corrected chi connectivity index (χ1v) is 4.98. The van der Waals surface area contributed by atoms with Gasteiger partial charge >= 0.3 is 6.01 Å². The highest BCUT2D eigenvalue weighted by molar-refractivity contribution is 5.86. The van der Waals surface area contributed by atoms with Gasteiger partial charge in [0.05, 0.1) is 6.42 Å². The van der Waals surface area contributed by atoms with E-state index < -0.39 is 0 Å². The minimum Gasteiger partial charge on any atom is -0.407 e. The predicted molar refractivity (Wildman–Crippen MR) is 57.8 cm³/mol. The summed E-state index contributed by atoms with van der Waals surface area (Å²) in [5.74, 6) is -0.208. The number of anilines is 1. The van der Waals surface area contributed by atoms with E-state index in [0.29, 0.717) is 12.3 Å². The Morgan fingerprint density at radius 3 is 2.71 bits per heavy atom. The summed E-state index contributed by atoms with van der Waals surface area (Å²) in [6.45, 7) is 1.35. The molecule has 1 amide bonds. The molecule has 6 heteroatoms. The molecule has 88 valence electrons. The molecule has 0 saturated carbocycles. The van der Waals surface area contributed by atoms with Gasteiger partial charge < -0.3 is 4.42 Å². The van der Waals surface area contributed by atoms with Crippen LogP contribution in [0, 0.1) is 5.82 Å². The van der Waals surface area contributed by atoms with Gasteiger partial charge in [-0.1, -0.05) is 17.2 Å². The third-order valence-electron chi connectivity index (χ3n) is 2.02. The van der Waals surface area contributed by atoms with Crippen molar-refractivity contribution in [3.8, 4) is 0 Å². The summed E-state index contributed by atoms with van der Waals surface area (Å²) in [5.41, 5.74) is 0.851. The van der Waals surface area contributed by atoms with Crippen LogP contribution < -0.4 is 5.32 Å². The topological polar surface area (TPSA) is 68.0 Å². The number of nitrogens with one attached hydrogen (secondary N) is 1. The Bertz CT molecular complexity index is 522. The molecule has 1 heterocycles. The maximum Gasteiger partial charge on any atom is 0.322 e. The molecule has 0 aliphatic heterocycles. The molecule has 1 N–H and O–H groups in total. The van der Waals surface area contributed by atoms with Gasteiger partial charge in [-0.25, -0.2) is 4.39 Å². The highest BCUT2D eigenvalue weighted by Crippen LogP contribution is 2.11. The van der Waals surface area contributed by atoms with Gasteiger partial charge in [0.1, 0.15) is 5.82 Å². The zero-order chi connectivity index (χ0) is 12.3. The zero-order valence-corrected chi connectivity index (χ0v) is 9.11. The molecule has 0 radical (unpaired) electrons. The summed E-state index contributed by atoms with van der Waals surface area (Å²) >= 11 is 0. The van der Waals surface area contributed by atoms with E-state index in [1.54, 1.807) is 12.1 Å². The van der Waals surface area contributed by atoms with Gasteiger partial charge in [-0.3, -0.25) is 10.1 Å². The minimum absolute atomic E-state index is 0.0645. The highest BCUT2D eigenvalue weighted by atomic mass is 19.1. The molecule has 17 heavy (non-hydrogen) atoms. The second-order valence-corrected chi connectivity index (χ2v) is 3.49. The lowest BCUT2D eigenvalue weighted by atomic mass is 10.1. The average Bonchev–Trinajstić information content (AvgIpc) is 2.68. The number of carbonyl (C=O) groups excluding carboxylic acids is 1. The smallest absolute Gasteiger partial charge is 0.322 e. The fraction of sp³-hybridized carbons (Fsp3) is 0.182. The second kappa shape index (κ2) is 4.73. The molecule has 0 spiro atoms. The van der Waals surface area contributed by atoms with Crippen LogP contribution in [0.2, 0.25) is 0 Å². The van der Waals surface area contributed by atoms with Crippen LogP contribution >= 0.6 is 0 Å². The van der Waals surface area contributed by atoms with Crippen LogP contribution in [0.3, 0.4) is 0 Å². The quantitative estimate of drug-likeness (QED) is 0.880. The molecule has 0 aliphatic rings. The van der Waals surface area contributed by atoms with E-state index in [-0.39, 0.29) is 17.7 Å². The van der Waals surface area contributed by atoms with E-state index >= 15 is 0 Å². The number of nitrogens with zero attached hydrogens (tertiary/aromatic N) is 2. The van der Waals surface area contributed by atoms with Crippen molar-refractivity contribution in [3.05, 3.63) is 41.5 Å². The summed E-state index contributed by atoms with van der Waals surface area (Å²) < 4.78 is 17.9. The van der Waals surface area contributed by atoms with E-state index in [1.807, 2.05) is 0 Å². The van der Waals surface area contributed by atoms with Gasteiger partial charge in [0.15, 0.2) is 0 Å². The summed E-state index contributed by atoms with van der Waals surface area (Å²) in [6.07, 6.45) is 0.396. The molecule has 0 atom stereocenters. The molecule has 1 aromatic heterocycles. The SMILES string of the molecule is CC(=O)Nc1nnc(Cc2ccc(F)cc2)o1. The van der Waals surface area contributed by atoms with Crippen LogP contribution in [0.4, 0.5) is 10.4 Å². The van der Waals surface area contributed by atoms with Crippen LogP contribution in [0.1, 0.15) is 18.4 Å². The summed E-state index contributed by atoms with van der Waals surface area (Å²) in [4.78, 5) is 10.7. The average molecular weight is 235 g/mol. The number of amides is 1. The van der Waals surface area contributed by atoms with Crippen LogP contribution in [-0.2, 0) is 11.2 Å². The Morgan fingerprint density at radius 2 is 2.06 bits per heavy atom. The molecular formula is C11H10FN3O2. The first kappa shape index (κ1) is 11.3. The summed E-state index contributed by atoms with van der Waals surface area (Å²) in [7, 11) is 0. The van der Waals surface area contributed by atoms with E-state index in [2.05, 4.69) is 15.5 Å². The molecule has 0 aliphatic carbocycles. The Kier molecular flexibility index (Phi) is 3.13. The number of benzene rings is 1. The van der Waals surface area contributed by atoms with Crippen LogP contribution in [0.25, 0.3) is 0 Å². The Balaban J connectivity index is 2.06. The number of hydrogen-bond acceptors (Lipinski definition) is 4. The monoisotopic (exact) mass is 235 g/mol. The number of hydrogen-bond donors (Lipinski definition) is 1. The molecule has 0 fully saturated rings. The number of aromatic nitrogens is 2. The molecular weight excluding hydrogens is 225 g/mol. The third kappa shape index (κ3) is 3.10. The normalized spacial score (nSPS) is 10.2. The van der Waals surface area contributed by atoms with Crippen molar-refractivity contribution < 1.29 is 13.6 Å². The lowest BCUT2D eigenvalue weighted by molar-refractivity contribution is -0.114. The van der Waals surface area contributed by atoms with Gasteiger partial charge in [-0.15, -0.1) is 5.10 Å². The third-order valence-corrected chi connectivity index (χ3v) is 2.02. The standard InChI is InChI=1S/C11H10FN3O2/c1-7(16)13-11-15-14-10(17-11)6-8-2-4-9(12)5-3-8/h2-5H,6H2,1H3,(H,13,15,16). The van der Waals surface area contributed by atoms with Crippen LogP contribution in [-0.4, -0.2) is 16.1 Å². The number of halogens is 1. The Morgan fingerprint density at radius 1 is 1.35 bits per heavy atom. The van der Waals surface area contributed by atoms with Crippen molar-refractivity contribution >= 4 is 11.9 Å². The van der Waals surface area contributed by atoms with E-state index in [4.69, 9.17) is 4.42 Å². The highest BCUT2D eigenvalue weighted by Gasteiger charge is 2.07. The fourth-order valence-corrected chi connectivity index (χ4v) is 1.30. The van der Waals surface area contributed by atoms with Crippen molar-refractivity contribution in [1.29, 1.82) is 0 Å². The zero-order valence-electron chi connectivity index (χ0n) is 9.11. The molecule has 2 rings (SSSR count). The predicted octanol–water partition coefficient (Wildman–Crippen LogP) is 1.76. The molecule has 0 unspecified atom stereocenters. The molecule has 1 aromatic carbocycles. The fourth-order valence-electron chi connectivity index (χ4n) is 1.30. The van der Waals surface area contributed by atoms with Crippen LogP contribution in [0.15, 0.2) is 28.7 Å². The number of carbonyl (C=O) groups is 1. The lowest BCUT2D eigenvalue weighted by Gasteiger charge is -1.96. The first-order valence-electron chi connectivity index (χ1n) is 4.98. The van der Waals surface area contributed by atoms with Gasteiger partial charge in [-0.2, -0.15) is 0 Å². The lowest BCUT2D eigenvalue weighted by Crippen LogP contribution is -2.05. The van der Waals surface area contributed by atoms with Gasteiger partial charge in [0, 0.05) is 6.92 Å². The van der Waals surface area contributed by atoms with Crippen molar-refractivity contribution in [2.75, 3.05) is 5.32 Å². The molecule has 0 saturated heterocycles. The van der Waals surface area contributed by atoms with Crippen molar-refractivity contribution in [2.24, 2.45) is 0 Å². The first-order chi connectivity index (χ1) is 8.13. The number of rotatable bonds is 3. The van der Waals surface area contributed by atoms with Crippen molar-refractivity contribution in [2.45, 2.75) is 13.3 Å². The Labute approximate surface area is 96.7 Å². The van der Waals surface area contributed by atoms with Crippen molar-refractivity contribution in [3.63, 3.8) is 0 Å². The molecule has 2 aromatic rings.